The van der Waals surface area contributed by atoms with E-state index in [4.69, 9.17) is 19.5 Å². The lowest BCUT2D eigenvalue weighted by Crippen LogP contribution is -2.05. The van der Waals surface area contributed by atoms with Crippen molar-refractivity contribution in [1.29, 1.82) is 5.26 Å². The van der Waals surface area contributed by atoms with Crippen LogP contribution < -0.4 is 19.5 Å². The van der Waals surface area contributed by atoms with Gasteiger partial charge in [-0.1, -0.05) is 6.42 Å². The Morgan fingerprint density at radius 2 is 1.83 bits per heavy atom. The zero-order chi connectivity index (χ0) is 17.4. The van der Waals surface area contributed by atoms with E-state index >= 15 is 0 Å². The molecule has 1 N–H and O–H groups in total. The predicted molar refractivity (Wildman–Crippen MR) is 91.8 cm³/mol. The summed E-state index contributed by atoms with van der Waals surface area (Å²) in [4.78, 5) is 8.64. The standard InChI is InChI=1S/C17H22N4O3/c1-22-13-10-12-14(16(24-3)15(13)23-2)20-11-21-17(12)19-9-7-5-4-6-8-18/h10-11H,4-7,9H2,1-3H3,(H,19,20,21). The quantitative estimate of drug-likeness (QED) is 0.706. The molecule has 24 heavy (non-hydrogen) atoms. The van der Waals surface area contributed by atoms with E-state index in [0.717, 1.165) is 37.0 Å². The molecule has 0 saturated carbocycles. The fraction of sp³-hybridized carbons (Fsp3) is 0.471. The first kappa shape index (κ1) is 17.6. The minimum Gasteiger partial charge on any atom is -0.493 e. The monoisotopic (exact) mass is 330 g/mol. The van der Waals surface area contributed by atoms with E-state index in [2.05, 4.69) is 21.4 Å². The number of nitrogens with one attached hydrogen (secondary N) is 1. The number of methoxy groups -OCH3 is 3. The summed E-state index contributed by atoms with van der Waals surface area (Å²) in [6, 6.07) is 4.00. The second kappa shape index (κ2) is 8.77. The molecule has 0 fully saturated rings. The number of fused-ring (bicyclic) bond motifs is 1. The van der Waals surface area contributed by atoms with Gasteiger partial charge >= 0.3 is 0 Å². The van der Waals surface area contributed by atoms with Crippen molar-refractivity contribution in [3.05, 3.63) is 12.4 Å². The average Bonchev–Trinajstić information content (AvgIpc) is 2.62. The summed E-state index contributed by atoms with van der Waals surface area (Å²) in [5, 5.41) is 12.7. The third kappa shape index (κ3) is 3.77. The van der Waals surface area contributed by atoms with Gasteiger partial charge in [0.15, 0.2) is 11.5 Å². The van der Waals surface area contributed by atoms with Crippen molar-refractivity contribution in [1.82, 2.24) is 9.97 Å². The molecular formula is C17H22N4O3. The van der Waals surface area contributed by atoms with E-state index in [0.29, 0.717) is 29.2 Å². The van der Waals surface area contributed by atoms with E-state index < -0.39 is 0 Å². The first-order chi connectivity index (χ1) is 11.8. The Morgan fingerprint density at radius 1 is 1.04 bits per heavy atom. The van der Waals surface area contributed by atoms with Crippen LogP contribution in [-0.2, 0) is 0 Å². The van der Waals surface area contributed by atoms with Gasteiger partial charge in [-0.15, -0.1) is 0 Å². The van der Waals surface area contributed by atoms with Gasteiger partial charge in [0.05, 0.1) is 32.8 Å². The van der Waals surface area contributed by atoms with E-state index in [-0.39, 0.29) is 0 Å². The van der Waals surface area contributed by atoms with Gasteiger partial charge < -0.3 is 19.5 Å². The molecule has 0 amide bonds. The lowest BCUT2D eigenvalue weighted by atomic mass is 10.1. The zero-order valence-corrected chi connectivity index (χ0v) is 14.3. The summed E-state index contributed by atoms with van der Waals surface area (Å²) >= 11 is 0. The first-order valence-electron chi connectivity index (χ1n) is 7.81. The number of nitriles is 1. The highest BCUT2D eigenvalue weighted by atomic mass is 16.5. The van der Waals surface area contributed by atoms with Crippen LogP contribution in [0, 0.1) is 11.3 Å². The molecule has 7 nitrogen and oxygen atoms in total. The van der Waals surface area contributed by atoms with Gasteiger partial charge in [-0.25, -0.2) is 9.97 Å². The largest absolute Gasteiger partial charge is 0.493 e. The van der Waals surface area contributed by atoms with Gasteiger partial charge in [-0.2, -0.15) is 5.26 Å². The molecule has 0 radical (unpaired) electrons. The average molecular weight is 330 g/mol. The van der Waals surface area contributed by atoms with Crippen molar-refractivity contribution in [2.24, 2.45) is 0 Å². The Labute approximate surface area is 141 Å². The summed E-state index contributed by atoms with van der Waals surface area (Å²) in [6.45, 7) is 0.772. The fourth-order valence-corrected chi connectivity index (χ4v) is 2.52. The zero-order valence-electron chi connectivity index (χ0n) is 14.3. The number of aromatic nitrogens is 2. The normalized spacial score (nSPS) is 10.2. The lowest BCUT2D eigenvalue weighted by molar-refractivity contribution is 0.327. The minimum atomic E-state index is 0.508. The third-order valence-corrected chi connectivity index (χ3v) is 3.69. The molecule has 0 unspecified atom stereocenters. The summed E-state index contributed by atoms with van der Waals surface area (Å²) in [6.07, 6.45) is 4.99. The number of benzene rings is 1. The molecule has 0 saturated heterocycles. The summed E-state index contributed by atoms with van der Waals surface area (Å²) < 4.78 is 16.2. The Morgan fingerprint density at radius 3 is 2.50 bits per heavy atom. The molecule has 1 heterocycles. The number of anilines is 1. The van der Waals surface area contributed by atoms with Crippen LogP contribution >= 0.6 is 0 Å². The van der Waals surface area contributed by atoms with Crippen LogP contribution in [0.25, 0.3) is 10.9 Å². The maximum atomic E-state index is 8.54. The number of unbranched alkanes of at least 4 members (excludes halogenated alkanes) is 3. The number of ether oxygens (including phenoxy) is 3. The van der Waals surface area contributed by atoms with Crippen molar-refractivity contribution >= 4 is 16.7 Å². The Hall–Kier alpha value is -2.75. The maximum absolute atomic E-state index is 8.54. The van der Waals surface area contributed by atoms with Crippen molar-refractivity contribution in [3.63, 3.8) is 0 Å². The van der Waals surface area contributed by atoms with Crippen LogP contribution in [0.2, 0.25) is 0 Å². The number of rotatable bonds is 9. The molecule has 0 aliphatic carbocycles. The van der Waals surface area contributed by atoms with E-state index in [1.54, 1.807) is 21.3 Å². The van der Waals surface area contributed by atoms with Gasteiger partial charge in [0.1, 0.15) is 17.7 Å². The van der Waals surface area contributed by atoms with E-state index in [1.807, 2.05) is 6.07 Å². The van der Waals surface area contributed by atoms with Gasteiger partial charge in [-0.3, -0.25) is 0 Å². The SMILES string of the molecule is COc1cc2c(NCCCCCC#N)ncnc2c(OC)c1OC. The van der Waals surface area contributed by atoms with Gasteiger partial charge in [-0.05, 0) is 18.9 Å². The molecule has 1 aromatic heterocycles. The number of nitrogens with zero attached hydrogens (tertiary/aromatic N) is 3. The van der Waals surface area contributed by atoms with Gasteiger partial charge in [0.2, 0.25) is 5.75 Å². The number of hydrogen-bond donors (Lipinski definition) is 1. The van der Waals surface area contributed by atoms with Crippen LogP contribution in [0.15, 0.2) is 12.4 Å². The van der Waals surface area contributed by atoms with Crippen LogP contribution in [0.5, 0.6) is 17.2 Å². The van der Waals surface area contributed by atoms with E-state index in [1.165, 1.54) is 6.33 Å². The van der Waals surface area contributed by atoms with Crippen molar-refractivity contribution < 1.29 is 14.2 Å². The van der Waals surface area contributed by atoms with Crippen molar-refractivity contribution in [3.8, 4) is 23.3 Å². The Bertz CT molecular complexity index is 728. The molecule has 0 bridgehead atoms. The minimum absolute atomic E-state index is 0.508. The van der Waals surface area contributed by atoms with E-state index in [9.17, 15) is 0 Å². The van der Waals surface area contributed by atoms with Crippen LogP contribution in [0.1, 0.15) is 25.7 Å². The molecular weight excluding hydrogens is 308 g/mol. The second-order valence-corrected chi connectivity index (χ2v) is 5.16. The highest BCUT2D eigenvalue weighted by molar-refractivity contribution is 5.96. The molecule has 2 aromatic rings. The second-order valence-electron chi connectivity index (χ2n) is 5.16. The number of hydrogen-bond acceptors (Lipinski definition) is 7. The summed E-state index contributed by atoms with van der Waals surface area (Å²) in [5.74, 6) is 2.31. The maximum Gasteiger partial charge on any atom is 0.205 e. The van der Waals surface area contributed by atoms with Gasteiger partial charge in [0, 0.05) is 13.0 Å². The molecule has 0 spiro atoms. The third-order valence-electron chi connectivity index (χ3n) is 3.69. The van der Waals surface area contributed by atoms with Crippen molar-refractivity contribution in [2.75, 3.05) is 33.2 Å². The van der Waals surface area contributed by atoms with Gasteiger partial charge in [0.25, 0.3) is 0 Å². The molecule has 7 heteroatoms. The molecule has 1 aromatic carbocycles. The Kier molecular flexibility index (Phi) is 6.43. The highest BCUT2D eigenvalue weighted by Crippen LogP contribution is 2.43. The lowest BCUT2D eigenvalue weighted by Gasteiger charge is -2.15. The van der Waals surface area contributed by atoms with Crippen LogP contribution in [0.4, 0.5) is 5.82 Å². The topological polar surface area (TPSA) is 89.3 Å². The van der Waals surface area contributed by atoms with Crippen molar-refractivity contribution in [2.45, 2.75) is 25.7 Å². The summed E-state index contributed by atoms with van der Waals surface area (Å²) in [5.41, 5.74) is 0.664. The smallest absolute Gasteiger partial charge is 0.205 e. The molecule has 128 valence electrons. The molecule has 2 rings (SSSR count). The first-order valence-corrected chi connectivity index (χ1v) is 7.81. The Balaban J connectivity index is 2.27. The predicted octanol–water partition coefficient (Wildman–Crippen LogP) is 3.15. The summed E-state index contributed by atoms with van der Waals surface area (Å²) in [7, 11) is 4.71. The highest BCUT2D eigenvalue weighted by Gasteiger charge is 2.19. The van der Waals surface area contributed by atoms with Crippen LogP contribution in [-0.4, -0.2) is 37.8 Å². The van der Waals surface area contributed by atoms with Crippen LogP contribution in [0.3, 0.4) is 0 Å². The molecule has 0 atom stereocenters. The molecule has 0 aliphatic heterocycles. The fourth-order valence-electron chi connectivity index (χ4n) is 2.52. The molecule has 0 aliphatic rings.